The number of carbonyl (C=O) groups is 3. The number of nitrogens with one attached hydrogen (secondary N) is 2. The van der Waals surface area contributed by atoms with E-state index in [1.165, 1.54) is 6.92 Å². The molecule has 0 aliphatic rings. The van der Waals surface area contributed by atoms with Crippen molar-refractivity contribution in [2.24, 2.45) is 17.4 Å². The summed E-state index contributed by atoms with van der Waals surface area (Å²) in [5.74, 6) is -5.20. The first-order chi connectivity index (χ1) is 12.3. The third kappa shape index (κ3) is 8.83. The van der Waals surface area contributed by atoms with Gasteiger partial charge in [-0.3, -0.25) is 18.9 Å². The maximum absolute atomic E-state index is 12.5. The Morgan fingerprint density at radius 3 is 2.04 bits per heavy atom. The van der Waals surface area contributed by atoms with Gasteiger partial charge in [0.25, 0.3) is 0 Å². The molecule has 0 fully saturated rings. The van der Waals surface area contributed by atoms with Crippen molar-refractivity contribution in [3.8, 4) is 0 Å². The predicted molar refractivity (Wildman–Crippen MR) is 102 cm³/mol. The zero-order chi connectivity index (χ0) is 21.4. The number of hydrogen-bond acceptors (Lipinski definition) is 6. The Morgan fingerprint density at radius 2 is 1.63 bits per heavy atom. The van der Waals surface area contributed by atoms with Crippen LogP contribution in [0.3, 0.4) is 0 Å². The SMILES string of the molecule is CCC[C@H](NC(=O)[C@@H](N)CC(C)C)C(=O)NC(CC(=O)O)P(=O)(O)C(C)N. The Kier molecular flexibility index (Phi) is 10.8. The van der Waals surface area contributed by atoms with Crippen LogP contribution in [0.5, 0.6) is 0 Å². The molecular weight excluding hydrogens is 375 g/mol. The first-order valence-corrected chi connectivity index (χ1v) is 10.8. The van der Waals surface area contributed by atoms with Crippen LogP contribution in [-0.4, -0.2) is 51.4 Å². The molecule has 0 rings (SSSR count). The second-order valence-corrected chi connectivity index (χ2v) is 9.90. The summed E-state index contributed by atoms with van der Waals surface area (Å²) >= 11 is 0. The third-order valence-corrected chi connectivity index (χ3v) is 6.35. The van der Waals surface area contributed by atoms with E-state index >= 15 is 0 Å². The molecule has 3 unspecified atom stereocenters. The first-order valence-electron chi connectivity index (χ1n) is 8.98. The Labute approximate surface area is 159 Å². The van der Waals surface area contributed by atoms with Crippen LogP contribution < -0.4 is 22.1 Å². The number of hydrogen-bond donors (Lipinski definition) is 6. The number of carbonyl (C=O) groups excluding carboxylic acids is 2. The normalized spacial score (nSPS) is 18.1. The quantitative estimate of drug-likeness (QED) is 0.246. The van der Waals surface area contributed by atoms with E-state index in [0.29, 0.717) is 12.8 Å². The number of aliphatic carboxylic acids is 1. The van der Waals surface area contributed by atoms with E-state index in [0.717, 1.165) is 0 Å². The van der Waals surface area contributed by atoms with E-state index in [4.69, 9.17) is 16.6 Å². The van der Waals surface area contributed by atoms with Gasteiger partial charge in [0.05, 0.1) is 18.2 Å². The number of carboxylic acid groups (broad SMARTS) is 1. The van der Waals surface area contributed by atoms with Crippen molar-refractivity contribution >= 4 is 25.2 Å². The fourth-order valence-electron chi connectivity index (χ4n) is 2.44. The minimum Gasteiger partial charge on any atom is -0.481 e. The second kappa shape index (κ2) is 11.4. The van der Waals surface area contributed by atoms with Crippen molar-refractivity contribution in [1.29, 1.82) is 0 Å². The van der Waals surface area contributed by atoms with E-state index < -0.39 is 55.2 Å². The van der Waals surface area contributed by atoms with Crippen molar-refractivity contribution in [2.45, 2.75) is 77.0 Å². The molecule has 0 aromatic rings. The van der Waals surface area contributed by atoms with Crippen LogP contribution in [0.25, 0.3) is 0 Å². The summed E-state index contributed by atoms with van der Waals surface area (Å²) in [5.41, 5.74) is 11.3. The van der Waals surface area contributed by atoms with Crippen LogP contribution in [0.2, 0.25) is 0 Å². The molecule has 0 aliphatic carbocycles. The standard InChI is InChI=1S/C16H33N4O6P/c1-5-6-12(19-15(23)11(18)7-9(2)3)16(24)20-13(8-14(21)22)27(25,26)10(4)17/h9-13H,5-8,17-18H2,1-4H3,(H,19,23)(H,20,24)(H,21,22)(H,25,26)/t10?,11-,12-,13?/m0/s1. The van der Waals surface area contributed by atoms with Gasteiger partial charge in [0, 0.05) is 0 Å². The smallest absolute Gasteiger partial charge is 0.306 e. The molecular formula is C16H33N4O6P. The number of amides is 2. The van der Waals surface area contributed by atoms with Gasteiger partial charge in [0.1, 0.15) is 11.8 Å². The molecule has 27 heavy (non-hydrogen) atoms. The highest BCUT2D eigenvalue weighted by Gasteiger charge is 2.38. The summed E-state index contributed by atoms with van der Waals surface area (Å²) in [6.07, 6.45) is 0.482. The average molecular weight is 408 g/mol. The molecule has 0 spiro atoms. The summed E-state index contributed by atoms with van der Waals surface area (Å²) < 4.78 is 12.4. The number of carboxylic acids is 1. The maximum atomic E-state index is 12.5. The van der Waals surface area contributed by atoms with E-state index in [9.17, 15) is 23.8 Å². The molecule has 158 valence electrons. The lowest BCUT2D eigenvalue weighted by atomic mass is 10.0. The van der Waals surface area contributed by atoms with Gasteiger partial charge in [-0.05, 0) is 25.7 Å². The van der Waals surface area contributed by atoms with Crippen LogP contribution in [0.15, 0.2) is 0 Å². The fraction of sp³-hybridized carbons (Fsp3) is 0.812. The van der Waals surface area contributed by atoms with Crippen LogP contribution in [0.4, 0.5) is 0 Å². The van der Waals surface area contributed by atoms with Crippen LogP contribution in [-0.2, 0) is 18.9 Å². The van der Waals surface area contributed by atoms with Crippen molar-refractivity contribution < 1.29 is 28.9 Å². The van der Waals surface area contributed by atoms with Gasteiger partial charge in [-0.25, -0.2) is 0 Å². The van der Waals surface area contributed by atoms with Gasteiger partial charge in [0.15, 0.2) is 0 Å². The zero-order valence-electron chi connectivity index (χ0n) is 16.3. The van der Waals surface area contributed by atoms with E-state index in [1.54, 1.807) is 6.92 Å². The van der Waals surface area contributed by atoms with Crippen molar-refractivity contribution in [3.05, 3.63) is 0 Å². The monoisotopic (exact) mass is 408 g/mol. The Morgan fingerprint density at radius 1 is 1.07 bits per heavy atom. The molecule has 10 nitrogen and oxygen atoms in total. The maximum Gasteiger partial charge on any atom is 0.306 e. The van der Waals surface area contributed by atoms with Crippen molar-refractivity contribution in [2.75, 3.05) is 0 Å². The topological polar surface area (TPSA) is 185 Å². The number of rotatable bonds is 12. The predicted octanol–water partition coefficient (Wildman–Crippen LogP) is 0.137. The lowest BCUT2D eigenvalue weighted by Crippen LogP contribution is -2.54. The highest BCUT2D eigenvalue weighted by atomic mass is 31.2. The molecule has 0 aliphatic heterocycles. The minimum absolute atomic E-state index is 0.190. The molecule has 0 radical (unpaired) electrons. The molecule has 0 aromatic carbocycles. The Balaban J connectivity index is 5.29. The molecule has 0 heterocycles. The molecule has 0 saturated carbocycles. The summed E-state index contributed by atoms with van der Waals surface area (Å²) in [6.45, 7) is 6.88. The van der Waals surface area contributed by atoms with Crippen LogP contribution in [0.1, 0.15) is 53.4 Å². The highest BCUT2D eigenvalue weighted by Crippen LogP contribution is 2.49. The summed E-state index contributed by atoms with van der Waals surface area (Å²) in [5, 5.41) is 13.8. The lowest BCUT2D eigenvalue weighted by molar-refractivity contribution is -0.137. The zero-order valence-corrected chi connectivity index (χ0v) is 17.2. The van der Waals surface area contributed by atoms with Crippen LogP contribution >= 0.6 is 7.37 Å². The molecule has 8 N–H and O–H groups in total. The lowest BCUT2D eigenvalue weighted by Gasteiger charge is -2.28. The first kappa shape index (κ1) is 25.5. The molecule has 0 saturated heterocycles. The summed E-state index contributed by atoms with van der Waals surface area (Å²) in [6, 6.07) is -1.79. The van der Waals surface area contributed by atoms with Crippen LogP contribution in [0, 0.1) is 5.92 Å². The van der Waals surface area contributed by atoms with Crippen molar-refractivity contribution in [1.82, 2.24) is 10.6 Å². The molecule has 5 atom stereocenters. The minimum atomic E-state index is -4.19. The fourth-order valence-corrected chi connectivity index (χ4v) is 3.74. The summed E-state index contributed by atoms with van der Waals surface area (Å²) in [7, 11) is -4.19. The Bertz CT molecular complexity index is 569. The van der Waals surface area contributed by atoms with Gasteiger partial charge in [-0.15, -0.1) is 0 Å². The van der Waals surface area contributed by atoms with Gasteiger partial charge >= 0.3 is 5.97 Å². The van der Waals surface area contributed by atoms with Gasteiger partial charge < -0.3 is 32.1 Å². The summed E-state index contributed by atoms with van der Waals surface area (Å²) in [4.78, 5) is 45.8. The van der Waals surface area contributed by atoms with Gasteiger partial charge in [-0.2, -0.15) is 0 Å². The van der Waals surface area contributed by atoms with E-state index in [2.05, 4.69) is 10.6 Å². The van der Waals surface area contributed by atoms with E-state index in [1.807, 2.05) is 13.8 Å². The Hall–Kier alpha value is -1.48. The molecule has 0 aromatic heterocycles. The van der Waals surface area contributed by atoms with E-state index in [-0.39, 0.29) is 12.3 Å². The average Bonchev–Trinajstić information content (AvgIpc) is 2.52. The highest BCUT2D eigenvalue weighted by molar-refractivity contribution is 7.59. The number of nitrogens with two attached hydrogens (primary N) is 2. The second-order valence-electron chi connectivity index (χ2n) is 7.12. The largest absolute Gasteiger partial charge is 0.481 e. The van der Waals surface area contributed by atoms with Crippen molar-refractivity contribution in [3.63, 3.8) is 0 Å². The van der Waals surface area contributed by atoms with Gasteiger partial charge in [-0.1, -0.05) is 27.2 Å². The molecule has 0 bridgehead atoms. The third-order valence-electron chi connectivity index (χ3n) is 3.98. The molecule has 2 amide bonds. The molecule has 11 heteroatoms. The van der Waals surface area contributed by atoms with Gasteiger partial charge in [0.2, 0.25) is 19.2 Å².